The summed E-state index contributed by atoms with van der Waals surface area (Å²) in [6, 6.07) is 13.6. The van der Waals surface area contributed by atoms with Gasteiger partial charge in [0.1, 0.15) is 5.82 Å². The molecule has 0 saturated heterocycles. The summed E-state index contributed by atoms with van der Waals surface area (Å²) in [6.07, 6.45) is -0.923. The van der Waals surface area contributed by atoms with Crippen molar-refractivity contribution < 1.29 is 14.3 Å². The highest BCUT2D eigenvalue weighted by Gasteiger charge is 2.11. The second-order valence-corrected chi connectivity index (χ2v) is 4.47. The Balaban J connectivity index is 1.97. The average Bonchev–Trinajstić information content (AvgIpc) is 2.53. The van der Waals surface area contributed by atoms with Crippen molar-refractivity contribution in [3.8, 4) is 6.07 Å². The molecule has 0 aliphatic rings. The van der Waals surface area contributed by atoms with E-state index in [9.17, 15) is 14.3 Å². The molecule has 0 fully saturated rings. The molecular formula is C16H13FN2O2. The van der Waals surface area contributed by atoms with Gasteiger partial charge in [-0.05, 0) is 35.9 Å². The van der Waals surface area contributed by atoms with Crippen molar-refractivity contribution in [2.75, 3.05) is 6.54 Å². The van der Waals surface area contributed by atoms with E-state index in [0.717, 1.165) is 0 Å². The number of hydrogen-bond donors (Lipinski definition) is 2. The zero-order valence-electron chi connectivity index (χ0n) is 11.1. The summed E-state index contributed by atoms with van der Waals surface area (Å²) in [6.45, 7) is 0.00124. The molecule has 0 spiro atoms. The van der Waals surface area contributed by atoms with Gasteiger partial charge in [0.15, 0.2) is 0 Å². The third kappa shape index (κ3) is 3.88. The number of benzene rings is 2. The number of aliphatic hydroxyl groups is 1. The smallest absolute Gasteiger partial charge is 0.251 e. The van der Waals surface area contributed by atoms with Gasteiger partial charge >= 0.3 is 0 Å². The molecular weight excluding hydrogens is 271 g/mol. The number of amides is 1. The first-order chi connectivity index (χ1) is 10.1. The first-order valence-electron chi connectivity index (χ1n) is 6.32. The Morgan fingerprint density at radius 3 is 2.67 bits per heavy atom. The zero-order chi connectivity index (χ0) is 15.2. The predicted octanol–water partition coefficient (Wildman–Crippen LogP) is 2.16. The number of aliphatic hydroxyl groups excluding tert-OH is 1. The van der Waals surface area contributed by atoms with E-state index in [4.69, 9.17) is 5.26 Å². The monoisotopic (exact) mass is 284 g/mol. The van der Waals surface area contributed by atoms with E-state index in [2.05, 4.69) is 5.32 Å². The topological polar surface area (TPSA) is 73.1 Å². The van der Waals surface area contributed by atoms with Crippen LogP contribution in [0.4, 0.5) is 4.39 Å². The maximum atomic E-state index is 12.8. The maximum absolute atomic E-state index is 12.8. The van der Waals surface area contributed by atoms with Gasteiger partial charge < -0.3 is 10.4 Å². The lowest BCUT2D eigenvalue weighted by molar-refractivity contribution is 0.0916. The van der Waals surface area contributed by atoms with Crippen LogP contribution < -0.4 is 5.32 Å². The molecule has 0 aliphatic heterocycles. The van der Waals surface area contributed by atoms with Crippen molar-refractivity contribution in [1.29, 1.82) is 5.26 Å². The highest BCUT2D eigenvalue weighted by molar-refractivity contribution is 5.94. The van der Waals surface area contributed by atoms with Crippen molar-refractivity contribution in [2.45, 2.75) is 6.10 Å². The molecule has 2 N–H and O–H groups in total. The Labute approximate surface area is 121 Å². The summed E-state index contributed by atoms with van der Waals surface area (Å²) >= 11 is 0. The highest BCUT2D eigenvalue weighted by Crippen LogP contribution is 2.12. The molecule has 0 saturated carbocycles. The van der Waals surface area contributed by atoms with Gasteiger partial charge in [-0.15, -0.1) is 0 Å². The molecule has 2 aromatic carbocycles. The summed E-state index contributed by atoms with van der Waals surface area (Å²) < 4.78 is 12.8. The minimum Gasteiger partial charge on any atom is -0.387 e. The van der Waals surface area contributed by atoms with Crippen LogP contribution in [0, 0.1) is 17.1 Å². The van der Waals surface area contributed by atoms with Crippen molar-refractivity contribution in [1.82, 2.24) is 5.32 Å². The number of rotatable bonds is 4. The van der Waals surface area contributed by atoms with Crippen LogP contribution in [0.3, 0.4) is 0 Å². The van der Waals surface area contributed by atoms with Crippen LogP contribution in [0.15, 0.2) is 48.5 Å². The number of halogens is 1. The van der Waals surface area contributed by atoms with E-state index >= 15 is 0 Å². The van der Waals surface area contributed by atoms with Crippen LogP contribution >= 0.6 is 0 Å². The SMILES string of the molecule is N#Cc1cccc(C(=O)NCC(O)c2ccc(F)cc2)c1. The molecule has 0 heterocycles. The van der Waals surface area contributed by atoms with E-state index in [1.807, 2.05) is 6.07 Å². The molecule has 21 heavy (non-hydrogen) atoms. The minimum atomic E-state index is -0.923. The molecule has 0 aliphatic carbocycles. The lowest BCUT2D eigenvalue weighted by atomic mass is 10.1. The van der Waals surface area contributed by atoms with Crippen molar-refractivity contribution in [2.24, 2.45) is 0 Å². The van der Waals surface area contributed by atoms with Crippen molar-refractivity contribution >= 4 is 5.91 Å². The maximum Gasteiger partial charge on any atom is 0.251 e. The molecule has 1 amide bonds. The Morgan fingerprint density at radius 1 is 1.29 bits per heavy atom. The average molecular weight is 284 g/mol. The zero-order valence-corrected chi connectivity index (χ0v) is 11.1. The molecule has 2 aromatic rings. The van der Waals surface area contributed by atoms with E-state index in [0.29, 0.717) is 16.7 Å². The van der Waals surface area contributed by atoms with Crippen LogP contribution in [0.1, 0.15) is 27.6 Å². The fraction of sp³-hybridized carbons (Fsp3) is 0.125. The van der Waals surface area contributed by atoms with Crippen molar-refractivity contribution in [3.63, 3.8) is 0 Å². The number of carbonyl (C=O) groups excluding carboxylic acids is 1. The molecule has 0 aromatic heterocycles. The Kier molecular flexibility index (Phi) is 4.64. The van der Waals surface area contributed by atoms with E-state index in [1.54, 1.807) is 18.2 Å². The van der Waals surface area contributed by atoms with Gasteiger partial charge in [0.2, 0.25) is 0 Å². The van der Waals surface area contributed by atoms with Crippen LogP contribution in [-0.4, -0.2) is 17.6 Å². The largest absolute Gasteiger partial charge is 0.387 e. The third-order valence-electron chi connectivity index (χ3n) is 2.96. The van der Waals surface area contributed by atoms with Gasteiger partial charge in [0.25, 0.3) is 5.91 Å². The van der Waals surface area contributed by atoms with Crippen LogP contribution in [0.2, 0.25) is 0 Å². The van der Waals surface area contributed by atoms with Gasteiger partial charge in [0, 0.05) is 12.1 Å². The minimum absolute atomic E-state index is 0.00124. The van der Waals surface area contributed by atoms with Gasteiger partial charge in [-0.25, -0.2) is 4.39 Å². The Hall–Kier alpha value is -2.71. The molecule has 106 valence electrons. The molecule has 1 unspecified atom stereocenters. The highest BCUT2D eigenvalue weighted by atomic mass is 19.1. The van der Waals surface area contributed by atoms with Gasteiger partial charge in [0.05, 0.1) is 17.7 Å². The number of nitrogens with one attached hydrogen (secondary N) is 1. The van der Waals surface area contributed by atoms with E-state index < -0.39 is 6.10 Å². The van der Waals surface area contributed by atoms with E-state index in [1.165, 1.54) is 30.3 Å². The standard InChI is InChI=1S/C16H13FN2O2/c17-14-6-4-12(5-7-14)15(20)10-19-16(21)13-3-1-2-11(8-13)9-18/h1-8,15,20H,10H2,(H,19,21). The van der Waals surface area contributed by atoms with Crippen LogP contribution in [-0.2, 0) is 0 Å². The first kappa shape index (κ1) is 14.7. The fourth-order valence-corrected chi connectivity index (χ4v) is 1.82. The summed E-state index contributed by atoms with van der Waals surface area (Å²) in [4.78, 5) is 11.9. The predicted molar refractivity (Wildman–Crippen MR) is 74.9 cm³/mol. The lowest BCUT2D eigenvalue weighted by Gasteiger charge is -2.12. The Bertz CT molecular complexity index is 677. The number of hydrogen-bond acceptors (Lipinski definition) is 3. The first-order valence-corrected chi connectivity index (χ1v) is 6.32. The summed E-state index contributed by atoms with van der Waals surface area (Å²) in [7, 11) is 0. The number of nitrogens with zero attached hydrogens (tertiary/aromatic N) is 1. The summed E-state index contributed by atoms with van der Waals surface area (Å²) in [5.41, 5.74) is 1.25. The normalized spacial score (nSPS) is 11.5. The van der Waals surface area contributed by atoms with Crippen LogP contribution in [0.25, 0.3) is 0 Å². The van der Waals surface area contributed by atoms with Gasteiger partial charge in [-0.2, -0.15) is 5.26 Å². The summed E-state index contributed by atoms with van der Waals surface area (Å²) in [5, 5.41) is 21.3. The second kappa shape index (κ2) is 6.64. The molecule has 2 rings (SSSR count). The third-order valence-corrected chi connectivity index (χ3v) is 2.96. The van der Waals surface area contributed by atoms with Gasteiger partial charge in [-0.1, -0.05) is 18.2 Å². The number of nitriles is 1. The quantitative estimate of drug-likeness (QED) is 0.903. The fourth-order valence-electron chi connectivity index (χ4n) is 1.82. The van der Waals surface area contributed by atoms with E-state index in [-0.39, 0.29) is 18.3 Å². The molecule has 4 nitrogen and oxygen atoms in total. The molecule has 0 radical (unpaired) electrons. The second-order valence-electron chi connectivity index (χ2n) is 4.47. The molecule has 0 bridgehead atoms. The van der Waals surface area contributed by atoms with Crippen LogP contribution in [0.5, 0.6) is 0 Å². The Morgan fingerprint density at radius 2 is 2.00 bits per heavy atom. The molecule has 5 heteroatoms. The lowest BCUT2D eigenvalue weighted by Crippen LogP contribution is -2.28. The summed E-state index contributed by atoms with van der Waals surface area (Å²) in [5.74, 6) is -0.767. The van der Waals surface area contributed by atoms with Gasteiger partial charge in [-0.3, -0.25) is 4.79 Å². The molecule has 1 atom stereocenters. The number of carbonyl (C=O) groups is 1. The van der Waals surface area contributed by atoms with Crippen molar-refractivity contribution in [3.05, 3.63) is 71.0 Å².